The molecule has 10 heteroatoms. The van der Waals surface area contributed by atoms with Gasteiger partial charge in [0, 0.05) is 24.6 Å². The molecule has 1 atom stereocenters. The third-order valence-corrected chi connectivity index (χ3v) is 5.27. The highest BCUT2D eigenvalue weighted by atomic mass is 32.1. The Labute approximate surface area is 191 Å². The lowest BCUT2D eigenvalue weighted by Gasteiger charge is -2.31. The number of carbonyl (C=O) groups is 2. The minimum absolute atomic E-state index is 0.0113. The molecule has 164 valence electrons. The normalized spacial score (nSPS) is 16.3. The Kier molecular flexibility index (Phi) is 6.92. The van der Waals surface area contributed by atoms with E-state index in [1.807, 2.05) is 26.0 Å². The minimum Gasteiger partial charge on any atom is -0.380 e. The van der Waals surface area contributed by atoms with Crippen molar-refractivity contribution in [2.24, 2.45) is 11.0 Å². The van der Waals surface area contributed by atoms with E-state index in [9.17, 15) is 14.9 Å². The van der Waals surface area contributed by atoms with E-state index >= 15 is 0 Å². The molecule has 2 aromatic rings. The Morgan fingerprint density at radius 3 is 2.72 bits per heavy atom. The Morgan fingerprint density at radius 1 is 1.31 bits per heavy atom. The number of nitrogens with zero attached hydrogens (tertiary/aromatic N) is 4. The van der Waals surface area contributed by atoms with E-state index in [1.54, 1.807) is 19.1 Å². The number of hydrogen-bond donors (Lipinski definition) is 2. The van der Waals surface area contributed by atoms with Crippen molar-refractivity contribution in [1.29, 1.82) is 5.26 Å². The zero-order valence-electron chi connectivity index (χ0n) is 18.1. The average Bonchev–Trinajstić information content (AvgIpc) is 2.73. The summed E-state index contributed by atoms with van der Waals surface area (Å²) in [6, 6.07) is 9.30. The predicted molar refractivity (Wildman–Crippen MR) is 124 cm³/mol. The fraction of sp³-hybridized carbons (Fsp3) is 0.273. The fourth-order valence-corrected chi connectivity index (χ4v) is 3.52. The SMILES string of the molecule is COCc1cc(C)nc(N/N=C\[C@@H]2C(=O)NC(=S)N(c3ccc(C)c(C)c3)C2=O)c1C#N. The number of carbonyl (C=O) groups excluding carboxylic acids is 2. The van der Waals surface area contributed by atoms with Gasteiger partial charge in [-0.05, 0) is 62.3 Å². The van der Waals surface area contributed by atoms with Crippen LogP contribution in [0.3, 0.4) is 0 Å². The molecule has 0 bridgehead atoms. The molecule has 2 heterocycles. The summed E-state index contributed by atoms with van der Waals surface area (Å²) < 4.78 is 5.13. The first-order chi connectivity index (χ1) is 15.3. The van der Waals surface area contributed by atoms with Gasteiger partial charge in [0.05, 0.1) is 12.3 Å². The number of aryl methyl sites for hydroxylation is 3. The second-order valence-corrected chi connectivity index (χ2v) is 7.68. The van der Waals surface area contributed by atoms with Gasteiger partial charge >= 0.3 is 0 Å². The van der Waals surface area contributed by atoms with Gasteiger partial charge in [0.15, 0.2) is 16.8 Å². The summed E-state index contributed by atoms with van der Waals surface area (Å²) in [7, 11) is 1.53. The average molecular weight is 451 g/mol. The summed E-state index contributed by atoms with van der Waals surface area (Å²) in [5, 5.41) is 16.1. The van der Waals surface area contributed by atoms with E-state index in [0.29, 0.717) is 16.9 Å². The summed E-state index contributed by atoms with van der Waals surface area (Å²) in [5.74, 6) is -2.10. The number of hydrogen-bond acceptors (Lipinski definition) is 8. The molecule has 2 amide bonds. The first-order valence-corrected chi connectivity index (χ1v) is 10.1. The van der Waals surface area contributed by atoms with Crippen molar-refractivity contribution in [1.82, 2.24) is 10.3 Å². The fourth-order valence-electron chi connectivity index (χ4n) is 3.22. The van der Waals surface area contributed by atoms with E-state index in [-0.39, 0.29) is 23.1 Å². The number of amides is 2. The van der Waals surface area contributed by atoms with Gasteiger partial charge in [-0.15, -0.1) is 0 Å². The number of thiocarbonyl (C=S) groups is 1. The van der Waals surface area contributed by atoms with Crippen molar-refractivity contribution in [2.75, 3.05) is 17.4 Å². The molecule has 0 aliphatic carbocycles. The summed E-state index contributed by atoms with van der Waals surface area (Å²) in [4.78, 5) is 31.1. The van der Waals surface area contributed by atoms with Crippen molar-refractivity contribution < 1.29 is 14.3 Å². The maximum atomic E-state index is 13.1. The zero-order chi connectivity index (χ0) is 23.4. The third kappa shape index (κ3) is 4.64. The van der Waals surface area contributed by atoms with Crippen LogP contribution < -0.4 is 15.6 Å². The second kappa shape index (κ2) is 9.64. The van der Waals surface area contributed by atoms with Gasteiger partial charge in [0.2, 0.25) is 5.91 Å². The quantitative estimate of drug-likeness (QED) is 0.300. The van der Waals surface area contributed by atoms with Gasteiger partial charge in [0.25, 0.3) is 5.91 Å². The minimum atomic E-state index is -1.20. The van der Waals surface area contributed by atoms with Crippen LogP contribution in [0.25, 0.3) is 0 Å². The van der Waals surface area contributed by atoms with Gasteiger partial charge in [-0.25, -0.2) is 4.98 Å². The maximum absolute atomic E-state index is 13.1. The van der Waals surface area contributed by atoms with Gasteiger partial charge < -0.3 is 10.1 Å². The molecule has 1 fully saturated rings. The molecule has 1 aliphatic heterocycles. The van der Waals surface area contributed by atoms with Crippen LogP contribution in [0.15, 0.2) is 29.4 Å². The van der Waals surface area contributed by atoms with E-state index in [1.165, 1.54) is 18.2 Å². The van der Waals surface area contributed by atoms with E-state index in [0.717, 1.165) is 11.1 Å². The molecular weight excluding hydrogens is 428 g/mol. The molecule has 32 heavy (non-hydrogen) atoms. The maximum Gasteiger partial charge on any atom is 0.251 e. The highest BCUT2D eigenvalue weighted by molar-refractivity contribution is 7.80. The number of pyridine rings is 1. The van der Waals surface area contributed by atoms with E-state index in [2.05, 4.69) is 26.9 Å². The molecule has 0 radical (unpaired) electrons. The summed E-state index contributed by atoms with van der Waals surface area (Å²) in [5.41, 5.74) is 6.87. The standard InChI is InChI=1S/C22H22N6O3S/c1-12-5-6-16(7-13(12)2)28-21(30)18(20(29)26-22(28)32)10-24-27-19-17(9-23)15(11-31-4)8-14(3)25-19/h5-8,10,18H,11H2,1-4H3,(H,25,27)(H,26,29,32)/b24-10-/t18-/m1/s1. The number of ether oxygens (including phenoxy) is 1. The molecule has 0 spiro atoms. The largest absolute Gasteiger partial charge is 0.380 e. The van der Waals surface area contributed by atoms with Crippen LogP contribution in [0.4, 0.5) is 11.5 Å². The van der Waals surface area contributed by atoms with Crippen molar-refractivity contribution in [2.45, 2.75) is 27.4 Å². The first-order valence-electron chi connectivity index (χ1n) is 9.71. The molecular formula is C22H22N6O3S. The topological polar surface area (TPSA) is 120 Å². The van der Waals surface area contributed by atoms with Crippen molar-refractivity contribution in [3.8, 4) is 6.07 Å². The van der Waals surface area contributed by atoms with Crippen molar-refractivity contribution >= 4 is 46.9 Å². The number of benzene rings is 1. The lowest BCUT2D eigenvalue weighted by Crippen LogP contribution is -2.58. The molecule has 1 aromatic heterocycles. The molecule has 1 aliphatic rings. The van der Waals surface area contributed by atoms with Gasteiger partial charge in [-0.2, -0.15) is 10.4 Å². The lowest BCUT2D eigenvalue weighted by molar-refractivity contribution is -0.130. The third-order valence-electron chi connectivity index (χ3n) is 4.99. The second-order valence-electron chi connectivity index (χ2n) is 7.30. The van der Waals surface area contributed by atoms with Crippen LogP contribution >= 0.6 is 12.2 Å². The molecule has 2 N–H and O–H groups in total. The van der Waals surface area contributed by atoms with Crippen LogP contribution in [-0.4, -0.2) is 35.2 Å². The van der Waals surface area contributed by atoms with Crippen LogP contribution in [-0.2, 0) is 20.9 Å². The van der Waals surface area contributed by atoms with Crippen LogP contribution in [0, 0.1) is 38.0 Å². The Bertz CT molecular complexity index is 1170. The Morgan fingerprint density at radius 2 is 2.06 bits per heavy atom. The van der Waals surface area contributed by atoms with Gasteiger partial charge in [-0.3, -0.25) is 19.9 Å². The van der Waals surface area contributed by atoms with Gasteiger partial charge in [-0.1, -0.05) is 6.07 Å². The van der Waals surface area contributed by atoms with Crippen molar-refractivity contribution in [3.63, 3.8) is 0 Å². The van der Waals surface area contributed by atoms with Crippen LogP contribution in [0.2, 0.25) is 0 Å². The first kappa shape index (κ1) is 23.0. The lowest BCUT2D eigenvalue weighted by atomic mass is 10.0. The van der Waals surface area contributed by atoms with Gasteiger partial charge in [0.1, 0.15) is 11.6 Å². The number of anilines is 2. The molecule has 1 aromatic carbocycles. The predicted octanol–water partition coefficient (Wildman–Crippen LogP) is 2.49. The highest BCUT2D eigenvalue weighted by Gasteiger charge is 2.38. The Balaban J connectivity index is 1.86. The number of nitriles is 1. The molecule has 0 saturated carbocycles. The summed E-state index contributed by atoms with van der Waals surface area (Å²) in [6.07, 6.45) is 1.18. The Hall–Kier alpha value is -3.68. The van der Waals surface area contributed by atoms with E-state index in [4.69, 9.17) is 17.0 Å². The smallest absolute Gasteiger partial charge is 0.251 e. The monoisotopic (exact) mass is 450 g/mol. The number of aromatic nitrogens is 1. The summed E-state index contributed by atoms with van der Waals surface area (Å²) in [6.45, 7) is 5.90. The zero-order valence-corrected chi connectivity index (χ0v) is 18.9. The van der Waals surface area contributed by atoms with Crippen LogP contribution in [0.5, 0.6) is 0 Å². The number of methoxy groups -OCH3 is 1. The summed E-state index contributed by atoms with van der Waals surface area (Å²) >= 11 is 5.22. The number of nitrogens with one attached hydrogen (secondary N) is 2. The molecule has 3 rings (SSSR count). The van der Waals surface area contributed by atoms with Crippen LogP contribution in [0.1, 0.15) is 27.9 Å². The van der Waals surface area contributed by atoms with E-state index < -0.39 is 17.7 Å². The number of rotatable bonds is 6. The molecule has 0 unspecified atom stereocenters. The molecule has 9 nitrogen and oxygen atoms in total. The highest BCUT2D eigenvalue weighted by Crippen LogP contribution is 2.23. The molecule has 1 saturated heterocycles. The van der Waals surface area contributed by atoms with Crippen molar-refractivity contribution in [3.05, 3.63) is 52.2 Å². The number of hydrazone groups is 1.